The molecule has 1 aromatic heterocycles. The maximum atomic E-state index is 10.7. The number of aromatic nitrogens is 2. The quantitative estimate of drug-likeness (QED) is 0.878. The van der Waals surface area contributed by atoms with Gasteiger partial charge in [-0.1, -0.05) is 0 Å². The van der Waals surface area contributed by atoms with Gasteiger partial charge in [-0.25, -0.2) is 9.78 Å². The summed E-state index contributed by atoms with van der Waals surface area (Å²) in [5.41, 5.74) is 0.248. The summed E-state index contributed by atoms with van der Waals surface area (Å²) in [6, 6.07) is 6.32. The van der Waals surface area contributed by atoms with Gasteiger partial charge in [-0.15, -0.1) is 0 Å². The maximum Gasteiger partial charge on any atom is 0.335 e. The van der Waals surface area contributed by atoms with E-state index in [2.05, 4.69) is 4.98 Å². The number of aryl methyl sites for hydroxylation is 1. The Morgan fingerprint density at radius 3 is 2.72 bits per heavy atom. The predicted octanol–water partition coefficient (Wildman–Crippen LogP) is 2.18. The van der Waals surface area contributed by atoms with E-state index in [1.807, 2.05) is 17.7 Å². The van der Waals surface area contributed by atoms with Gasteiger partial charge in [0.1, 0.15) is 18.2 Å². The van der Waals surface area contributed by atoms with E-state index in [0.29, 0.717) is 12.4 Å². The molecule has 0 fully saturated rings. The molecular formula is C13H14N2O3. The fraction of sp³-hybridized carbons (Fsp3) is 0.231. The van der Waals surface area contributed by atoms with Gasteiger partial charge < -0.3 is 14.4 Å². The molecule has 0 saturated carbocycles. The Kier molecular flexibility index (Phi) is 3.62. The minimum absolute atomic E-state index is 0.248. The third kappa shape index (κ3) is 2.68. The molecule has 0 amide bonds. The van der Waals surface area contributed by atoms with Crippen LogP contribution in [0, 0.1) is 0 Å². The topological polar surface area (TPSA) is 64.4 Å². The SMILES string of the molecule is CCn1ccnc1COc1ccc(C(=O)O)cc1. The molecule has 0 radical (unpaired) electrons. The Balaban J connectivity index is 2.00. The number of hydrogen-bond acceptors (Lipinski definition) is 3. The summed E-state index contributed by atoms with van der Waals surface area (Å²) in [5.74, 6) is 0.536. The van der Waals surface area contributed by atoms with Crippen molar-refractivity contribution >= 4 is 5.97 Å². The molecule has 0 atom stereocenters. The third-order valence-corrected chi connectivity index (χ3v) is 2.61. The van der Waals surface area contributed by atoms with E-state index in [4.69, 9.17) is 9.84 Å². The van der Waals surface area contributed by atoms with Crippen LogP contribution < -0.4 is 4.74 Å². The summed E-state index contributed by atoms with van der Waals surface area (Å²) in [6.07, 6.45) is 3.63. The van der Waals surface area contributed by atoms with Crippen molar-refractivity contribution in [2.24, 2.45) is 0 Å². The number of carbonyl (C=O) groups is 1. The van der Waals surface area contributed by atoms with Gasteiger partial charge >= 0.3 is 5.97 Å². The number of hydrogen-bond donors (Lipinski definition) is 1. The summed E-state index contributed by atoms with van der Waals surface area (Å²) >= 11 is 0. The minimum atomic E-state index is -0.942. The van der Waals surface area contributed by atoms with E-state index < -0.39 is 5.97 Å². The number of imidazole rings is 1. The Labute approximate surface area is 105 Å². The standard InChI is InChI=1S/C13H14N2O3/c1-2-15-8-7-14-12(15)9-18-11-5-3-10(4-6-11)13(16)17/h3-8H,2,9H2,1H3,(H,16,17). The smallest absolute Gasteiger partial charge is 0.335 e. The highest BCUT2D eigenvalue weighted by atomic mass is 16.5. The van der Waals surface area contributed by atoms with E-state index in [9.17, 15) is 4.79 Å². The predicted molar refractivity (Wildman–Crippen MR) is 65.6 cm³/mol. The number of carboxylic acids is 1. The lowest BCUT2D eigenvalue weighted by molar-refractivity contribution is 0.0697. The molecule has 2 aromatic rings. The van der Waals surface area contributed by atoms with Crippen molar-refractivity contribution in [1.29, 1.82) is 0 Å². The minimum Gasteiger partial charge on any atom is -0.486 e. The molecule has 1 N–H and O–H groups in total. The van der Waals surface area contributed by atoms with Crippen LogP contribution in [0.3, 0.4) is 0 Å². The summed E-state index contributed by atoms with van der Waals surface area (Å²) in [7, 11) is 0. The molecule has 0 unspecified atom stereocenters. The van der Waals surface area contributed by atoms with Gasteiger partial charge in [-0.05, 0) is 31.2 Å². The second kappa shape index (κ2) is 5.35. The molecular weight excluding hydrogens is 232 g/mol. The van der Waals surface area contributed by atoms with E-state index in [1.165, 1.54) is 12.1 Å². The first-order chi connectivity index (χ1) is 8.70. The van der Waals surface area contributed by atoms with Crippen molar-refractivity contribution in [1.82, 2.24) is 9.55 Å². The zero-order valence-electron chi connectivity index (χ0n) is 10.0. The monoisotopic (exact) mass is 246 g/mol. The van der Waals surface area contributed by atoms with Gasteiger partial charge in [0.15, 0.2) is 0 Å². The molecule has 0 aliphatic carbocycles. The summed E-state index contributed by atoms with van der Waals surface area (Å²) in [4.78, 5) is 14.9. The van der Waals surface area contributed by atoms with Crippen LogP contribution in [-0.2, 0) is 13.2 Å². The van der Waals surface area contributed by atoms with Crippen molar-refractivity contribution in [2.45, 2.75) is 20.1 Å². The van der Waals surface area contributed by atoms with Crippen molar-refractivity contribution in [3.05, 3.63) is 48.0 Å². The van der Waals surface area contributed by atoms with E-state index in [1.54, 1.807) is 18.3 Å². The fourth-order valence-electron chi connectivity index (χ4n) is 1.61. The summed E-state index contributed by atoms with van der Waals surface area (Å²) in [6.45, 7) is 3.25. The van der Waals surface area contributed by atoms with Crippen molar-refractivity contribution in [3.8, 4) is 5.75 Å². The molecule has 5 heteroatoms. The van der Waals surface area contributed by atoms with Crippen LogP contribution in [0.1, 0.15) is 23.1 Å². The van der Waals surface area contributed by atoms with E-state index >= 15 is 0 Å². The molecule has 0 bridgehead atoms. The summed E-state index contributed by atoms with van der Waals surface area (Å²) < 4.78 is 7.54. The van der Waals surface area contributed by atoms with Crippen LogP contribution in [0.15, 0.2) is 36.7 Å². The van der Waals surface area contributed by atoms with E-state index in [0.717, 1.165) is 12.4 Å². The zero-order valence-corrected chi connectivity index (χ0v) is 10.0. The molecule has 2 rings (SSSR count). The molecule has 5 nitrogen and oxygen atoms in total. The second-order valence-corrected chi connectivity index (χ2v) is 3.75. The average molecular weight is 246 g/mol. The van der Waals surface area contributed by atoms with Crippen LogP contribution in [-0.4, -0.2) is 20.6 Å². The Morgan fingerprint density at radius 2 is 2.11 bits per heavy atom. The Bertz CT molecular complexity index is 531. The van der Waals surface area contributed by atoms with Crippen LogP contribution >= 0.6 is 0 Å². The highest BCUT2D eigenvalue weighted by Gasteiger charge is 2.04. The normalized spacial score (nSPS) is 10.3. The maximum absolute atomic E-state index is 10.7. The molecule has 0 aliphatic rings. The Morgan fingerprint density at radius 1 is 1.39 bits per heavy atom. The second-order valence-electron chi connectivity index (χ2n) is 3.75. The average Bonchev–Trinajstić information content (AvgIpc) is 2.84. The van der Waals surface area contributed by atoms with Gasteiger partial charge in [-0.3, -0.25) is 0 Å². The van der Waals surface area contributed by atoms with Crippen molar-refractivity contribution in [3.63, 3.8) is 0 Å². The third-order valence-electron chi connectivity index (χ3n) is 2.61. The molecule has 0 spiro atoms. The fourth-order valence-corrected chi connectivity index (χ4v) is 1.61. The van der Waals surface area contributed by atoms with Crippen LogP contribution in [0.5, 0.6) is 5.75 Å². The van der Waals surface area contributed by atoms with Gasteiger partial charge in [0.05, 0.1) is 5.56 Å². The Hall–Kier alpha value is -2.30. The lowest BCUT2D eigenvalue weighted by Gasteiger charge is -2.07. The van der Waals surface area contributed by atoms with Gasteiger partial charge in [0.2, 0.25) is 0 Å². The molecule has 0 aliphatic heterocycles. The number of rotatable bonds is 5. The number of carboxylic acid groups (broad SMARTS) is 1. The number of aromatic carboxylic acids is 1. The van der Waals surface area contributed by atoms with Crippen LogP contribution in [0.4, 0.5) is 0 Å². The highest BCUT2D eigenvalue weighted by Crippen LogP contribution is 2.13. The largest absolute Gasteiger partial charge is 0.486 e. The molecule has 1 aromatic carbocycles. The van der Waals surface area contributed by atoms with Gasteiger partial charge in [0, 0.05) is 18.9 Å². The number of benzene rings is 1. The highest BCUT2D eigenvalue weighted by molar-refractivity contribution is 5.87. The van der Waals surface area contributed by atoms with Crippen molar-refractivity contribution < 1.29 is 14.6 Å². The van der Waals surface area contributed by atoms with Gasteiger partial charge in [-0.2, -0.15) is 0 Å². The lowest BCUT2D eigenvalue weighted by atomic mass is 10.2. The molecule has 0 saturated heterocycles. The van der Waals surface area contributed by atoms with Gasteiger partial charge in [0.25, 0.3) is 0 Å². The van der Waals surface area contributed by atoms with Crippen LogP contribution in [0.2, 0.25) is 0 Å². The zero-order chi connectivity index (χ0) is 13.0. The summed E-state index contributed by atoms with van der Waals surface area (Å²) in [5, 5.41) is 8.77. The molecule has 94 valence electrons. The van der Waals surface area contributed by atoms with Crippen molar-refractivity contribution in [2.75, 3.05) is 0 Å². The molecule has 1 heterocycles. The molecule has 18 heavy (non-hydrogen) atoms. The first-order valence-corrected chi connectivity index (χ1v) is 5.67. The lowest BCUT2D eigenvalue weighted by Crippen LogP contribution is -2.05. The van der Waals surface area contributed by atoms with Crippen LogP contribution in [0.25, 0.3) is 0 Å². The van der Waals surface area contributed by atoms with E-state index in [-0.39, 0.29) is 5.56 Å². The number of nitrogens with zero attached hydrogens (tertiary/aromatic N) is 2. The first-order valence-electron chi connectivity index (χ1n) is 5.67. The first kappa shape index (κ1) is 12.2. The number of ether oxygens (including phenoxy) is 1.